The second-order valence-electron chi connectivity index (χ2n) is 5.94. The minimum absolute atomic E-state index is 0.793. The molecule has 1 heteroatoms. The SMILES string of the molecule is CNCC(=Cc1cc(C)ccc1C)C1CCCCC1. The van der Waals surface area contributed by atoms with Crippen LogP contribution in [-0.4, -0.2) is 13.6 Å². The molecule has 0 aromatic heterocycles. The number of aryl methyl sites for hydroxylation is 2. The van der Waals surface area contributed by atoms with Crippen LogP contribution in [0.3, 0.4) is 0 Å². The van der Waals surface area contributed by atoms with Gasteiger partial charge in [0.2, 0.25) is 0 Å². The van der Waals surface area contributed by atoms with E-state index >= 15 is 0 Å². The van der Waals surface area contributed by atoms with E-state index in [0.29, 0.717) is 0 Å². The molecule has 104 valence electrons. The van der Waals surface area contributed by atoms with Crippen LogP contribution in [0.5, 0.6) is 0 Å². The van der Waals surface area contributed by atoms with Gasteiger partial charge in [-0.3, -0.25) is 0 Å². The molecule has 0 amide bonds. The normalized spacial score (nSPS) is 17.7. The van der Waals surface area contributed by atoms with Crippen molar-refractivity contribution in [1.82, 2.24) is 5.32 Å². The predicted octanol–water partition coefficient (Wildman–Crippen LogP) is 4.49. The van der Waals surface area contributed by atoms with Crippen LogP contribution < -0.4 is 5.32 Å². The summed E-state index contributed by atoms with van der Waals surface area (Å²) in [5.74, 6) is 0.793. The maximum Gasteiger partial charge on any atom is 0.0167 e. The molecular formula is C18H27N. The smallest absolute Gasteiger partial charge is 0.0167 e. The number of benzene rings is 1. The Bertz CT molecular complexity index is 439. The summed E-state index contributed by atoms with van der Waals surface area (Å²) >= 11 is 0. The zero-order chi connectivity index (χ0) is 13.7. The molecule has 1 aliphatic carbocycles. The van der Waals surface area contributed by atoms with Crippen molar-refractivity contribution < 1.29 is 0 Å². The Morgan fingerprint density at radius 1 is 1.21 bits per heavy atom. The highest BCUT2D eigenvalue weighted by atomic mass is 14.8. The lowest BCUT2D eigenvalue weighted by Gasteiger charge is -2.25. The lowest BCUT2D eigenvalue weighted by molar-refractivity contribution is 0.398. The quantitative estimate of drug-likeness (QED) is 0.838. The van der Waals surface area contributed by atoms with Crippen LogP contribution in [0.15, 0.2) is 23.8 Å². The fourth-order valence-corrected chi connectivity index (χ4v) is 3.11. The first-order valence-corrected chi connectivity index (χ1v) is 7.63. The monoisotopic (exact) mass is 257 g/mol. The van der Waals surface area contributed by atoms with E-state index in [0.717, 1.165) is 12.5 Å². The number of nitrogens with one attached hydrogen (secondary N) is 1. The lowest BCUT2D eigenvalue weighted by Crippen LogP contribution is -2.19. The molecule has 1 fully saturated rings. The molecule has 0 radical (unpaired) electrons. The molecule has 2 rings (SSSR count). The third-order valence-electron chi connectivity index (χ3n) is 4.29. The summed E-state index contributed by atoms with van der Waals surface area (Å²) in [7, 11) is 2.06. The molecule has 1 saturated carbocycles. The van der Waals surface area contributed by atoms with Crippen LogP contribution >= 0.6 is 0 Å². The zero-order valence-corrected chi connectivity index (χ0v) is 12.6. The van der Waals surface area contributed by atoms with E-state index in [1.165, 1.54) is 48.8 Å². The van der Waals surface area contributed by atoms with Crippen molar-refractivity contribution in [2.24, 2.45) is 5.92 Å². The largest absolute Gasteiger partial charge is 0.316 e. The van der Waals surface area contributed by atoms with Crippen LogP contribution in [0.2, 0.25) is 0 Å². The van der Waals surface area contributed by atoms with Gasteiger partial charge in [-0.05, 0) is 50.8 Å². The van der Waals surface area contributed by atoms with E-state index in [4.69, 9.17) is 0 Å². The second kappa shape index (κ2) is 6.91. The van der Waals surface area contributed by atoms with Gasteiger partial charge >= 0.3 is 0 Å². The molecule has 1 nitrogen and oxygen atoms in total. The van der Waals surface area contributed by atoms with Crippen LogP contribution in [0.1, 0.15) is 48.8 Å². The molecule has 0 spiro atoms. The van der Waals surface area contributed by atoms with E-state index < -0.39 is 0 Å². The maximum atomic E-state index is 3.35. The molecule has 0 bridgehead atoms. The summed E-state index contributed by atoms with van der Waals surface area (Å²) in [5.41, 5.74) is 5.73. The Morgan fingerprint density at radius 3 is 2.63 bits per heavy atom. The van der Waals surface area contributed by atoms with E-state index in [1.54, 1.807) is 5.57 Å². The van der Waals surface area contributed by atoms with E-state index in [-0.39, 0.29) is 0 Å². The van der Waals surface area contributed by atoms with Gasteiger partial charge in [0.25, 0.3) is 0 Å². The van der Waals surface area contributed by atoms with Crippen LogP contribution in [-0.2, 0) is 0 Å². The van der Waals surface area contributed by atoms with Crippen molar-refractivity contribution in [3.05, 3.63) is 40.5 Å². The molecule has 0 aliphatic heterocycles. The van der Waals surface area contributed by atoms with Gasteiger partial charge in [0, 0.05) is 6.54 Å². The third kappa shape index (κ3) is 3.94. The van der Waals surface area contributed by atoms with E-state index in [2.05, 4.69) is 50.5 Å². The average Bonchev–Trinajstić information content (AvgIpc) is 2.43. The Balaban J connectivity index is 2.25. The first-order chi connectivity index (χ1) is 9.20. The van der Waals surface area contributed by atoms with Gasteiger partial charge in [-0.1, -0.05) is 54.7 Å². The van der Waals surface area contributed by atoms with Gasteiger partial charge in [0.05, 0.1) is 0 Å². The molecule has 0 saturated heterocycles. The van der Waals surface area contributed by atoms with Gasteiger partial charge in [-0.2, -0.15) is 0 Å². The molecule has 0 heterocycles. The molecule has 1 N–H and O–H groups in total. The molecular weight excluding hydrogens is 230 g/mol. The third-order valence-corrected chi connectivity index (χ3v) is 4.29. The van der Waals surface area contributed by atoms with Crippen molar-refractivity contribution in [2.45, 2.75) is 46.0 Å². The maximum absolute atomic E-state index is 3.35. The molecule has 1 aromatic rings. The molecule has 1 aromatic carbocycles. The van der Waals surface area contributed by atoms with Gasteiger partial charge < -0.3 is 5.32 Å². The summed E-state index contributed by atoms with van der Waals surface area (Å²) in [6.45, 7) is 5.41. The number of hydrogen-bond donors (Lipinski definition) is 1. The van der Waals surface area contributed by atoms with Crippen molar-refractivity contribution >= 4 is 6.08 Å². The molecule has 0 atom stereocenters. The van der Waals surface area contributed by atoms with Crippen molar-refractivity contribution in [1.29, 1.82) is 0 Å². The average molecular weight is 257 g/mol. The summed E-state index contributed by atoms with van der Waals surface area (Å²) < 4.78 is 0. The van der Waals surface area contributed by atoms with Crippen molar-refractivity contribution in [3.63, 3.8) is 0 Å². The fourth-order valence-electron chi connectivity index (χ4n) is 3.11. The summed E-state index contributed by atoms with van der Waals surface area (Å²) in [6.07, 6.45) is 9.41. The number of likely N-dealkylation sites (N-methyl/N-ethyl adjacent to an activating group) is 1. The minimum Gasteiger partial charge on any atom is -0.316 e. The predicted molar refractivity (Wildman–Crippen MR) is 84.4 cm³/mol. The van der Waals surface area contributed by atoms with Gasteiger partial charge in [-0.15, -0.1) is 0 Å². The van der Waals surface area contributed by atoms with Gasteiger partial charge in [0.15, 0.2) is 0 Å². The van der Waals surface area contributed by atoms with E-state index in [9.17, 15) is 0 Å². The van der Waals surface area contributed by atoms with Crippen molar-refractivity contribution in [3.8, 4) is 0 Å². The number of rotatable bonds is 4. The Hall–Kier alpha value is -1.08. The molecule has 0 unspecified atom stereocenters. The first-order valence-electron chi connectivity index (χ1n) is 7.63. The summed E-state index contributed by atoms with van der Waals surface area (Å²) in [6, 6.07) is 6.75. The van der Waals surface area contributed by atoms with Gasteiger partial charge in [0.1, 0.15) is 0 Å². The van der Waals surface area contributed by atoms with Crippen LogP contribution in [0.4, 0.5) is 0 Å². The van der Waals surface area contributed by atoms with Crippen LogP contribution in [0.25, 0.3) is 6.08 Å². The van der Waals surface area contributed by atoms with Crippen molar-refractivity contribution in [2.75, 3.05) is 13.6 Å². The Morgan fingerprint density at radius 2 is 1.95 bits per heavy atom. The highest BCUT2D eigenvalue weighted by Gasteiger charge is 2.17. The number of hydrogen-bond acceptors (Lipinski definition) is 1. The zero-order valence-electron chi connectivity index (χ0n) is 12.6. The lowest BCUT2D eigenvalue weighted by atomic mass is 9.82. The first kappa shape index (κ1) is 14.3. The minimum atomic E-state index is 0.793. The highest BCUT2D eigenvalue weighted by molar-refractivity contribution is 5.58. The standard InChI is InChI=1S/C18H27N/c1-14-9-10-15(2)17(11-14)12-18(13-19-3)16-7-5-4-6-8-16/h9-12,16,19H,4-8,13H2,1-3H3. The highest BCUT2D eigenvalue weighted by Crippen LogP contribution is 2.31. The van der Waals surface area contributed by atoms with Crippen LogP contribution in [0, 0.1) is 19.8 Å². The Labute approximate surface area is 118 Å². The van der Waals surface area contributed by atoms with Gasteiger partial charge in [-0.25, -0.2) is 0 Å². The van der Waals surface area contributed by atoms with E-state index in [1.807, 2.05) is 0 Å². The molecule has 19 heavy (non-hydrogen) atoms. The topological polar surface area (TPSA) is 12.0 Å². The summed E-state index contributed by atoms with van der Waals surface area (Å²) in [5, 5.41) is 3.35. The second-order valence-corrected chi connectivity index (χ2v) is 5.94. The Kier molecular flexibility index (Phi) is 5.21. The fraction of sp³-hybridized carbons (Fsp3) is 0.556. The summed E-state index contributed by atoms with van der Waals surface area (Å²) in [4.78, 5) is 0. The molecule has 1 aliphatic rings.